The summed E-state index contributed by atoms with van der Waals surface area (Å²) in [5, 5.41) is 9.01. The summed E-state index contributed by atoms with van der Waals surface area (Å²) in [4.78, 5) is 39.5. The number of pyridine rings is 1. The zero-order chi connectivity index (χ0) is 23.3. The quantitative estimate of drug-likeness (QED) is 0.262. The highest BCUT2D eigenvalue weighted by molar-refractivity contribution is 6.35. The summed E-state index contributed by atoms with van der Waals surface area (Å²) in [7, 11) is 0. The number of nitrogens with one attached hydrogen (secondary N) is 3. The summed E-state index contributed by atoms with van der Waals surface area (Å²) in [5.41, 5.74) is 4.48. The number of carbonyl (C=O) groups is 3. The molecule has 0 unspecified atom stereocenters. The van der Waals surface area contributed by atoms with Crippen LogP contribution in [-0.4, -0.2) is 35.5 Å². The van der Waals surface area contributed by atoms with E-state index in [2.05, 4.69) is 26.1 Å². The highest BCUT2D eigenvalue weighted by Gasteiger charge is 2.12. The summed E-state index contributed by atoms with van der Waals surface area (Å²) in [6, 6.07) is 21.6. The van der Waals surface area contributed by atoms with Crippen molar-refractivity contribution >= 4 is 23.9 Å². The number of nitrogens with zero attached hydrogens (tertiary/aromatic N) is 2. The van der Waals surface area contributed by atoms with Crippen molar-refractivity contribution in [2.75, 3.05) is 6.61 Å². The van der Waals surface area contributed by atoms with Crippen molar-refractivity contribution in [3.63, 3.8) is 0 Å². The number of benzene rings is 2. The van der Waals surface area contributed by atoms with Crippen LogP contribution in [0.3, 0.4) is 0 Å². The van der Waals surface area contributed by atoms with Crippen LogP contribution in [0.2, 0.25) is 0 Å². The third-order valence-electron chi connectivity index (χ3n) is 4.32. The normalized spacial score (nSPS) is 10.4. The van der Waals surface area contributed by atoms with Crippen LogP contribution >= 0.6 is 0 Å². The van der Waals surface area contributed by atoms with E-state index in [1.165, 1.54) is 6.21 Å². The van der Waals surface area contributed by atoms with Crippen LogP contribution in [0.15, 0.2) is 84.1 Å². The molecule has 2 aromatic carbocycles. The van der Waals surface area contributed by atoms with E-state index in [0.29, 0.717) is 23.6 Å². The third kappa shape index (κ3) is 8.25. The van der Waals surface area contributed by atoms with E-state index in [9.17, 15) is 14.4 Å². The molecule has 3 N–H and O–H groups in total. The largest absolute Gasteiger partial charge is 0.484 e. The van der Waals surface area contributed by atoms with Gasteiger partial charge in [-0.15, -0.1) is 0 Å². The van der Waals surface area contributed by atoms with Crippen molar-refractivity contribution in [2.24, 2.45) is 5.10 Å². The van der Waals surface area contributed by atoms with E-state index in [0.717, 1.165) is 5.56 Å². The lowest BCUT2D eigenvalue weighted by molar-refractivity contribution is -0.139. The van der Waals surface area contributed by atoms with E-state index in [4.69, 9.17) is 4.74 Å². The maximum atomic E-state index is 11.9. The molecule has 0 bridgehead atoms. The van der Waals surface area contributed by atoms with E-state index < -0.39 is 11.8 Å². The van der Waals surface area contributed by atoms with Crippen LogP contribution in [0, 0.1) is 0 Å². The van der Waals surface area contributed by atoms with Gasteiger partial charge in [-0.1, -0.05) is 36.4 Å². The minimum atomic E-state index is -0.886. The van der Waals surface area contributed by atoms with E-state index in [1.54, 1.807) is 48.7 Å². The number of hydrazone groups is 1. The molecule has 0 aliphatic carbocycles. The fraction of sp³-hybridized carbons (Fsp3) is 0.125. The molecule has 0 aliphatic heterocycles. The molecule has 0 aliphatic rings. The lowest BCUT2D eigenvalue weighted by Crippen LogP contribution is -2.37. The van der Waals surface area contributed by atoms with Crippen molar-refractivity contribution in [1.29, 1.82) is 0 Å². The summed E-state index contributed by atoms with van der Waals surface area (Å²) >= 11 is 0. The monoisotopic (exact) mass is 445 g/mol. The molecule has 0 saturated carbocycles. The molecule has 168 valence electrons. The Balaban J connectivity index is 1.36. The molecule has 1 heterocycles. The minimum absolute atomic E-state index is 0.107. The van der Waals surface area contributed by atoms with Crippen LogP contribution in [0.25, 0.3) is 0 Å². The summed E-state index contributed by atoms with van der Waals surface area (Å²) in [6.07, 6.45) is 2.99. The number of hydrogen-bond acceptors (Lipinski definition) is 6. The molecule has 1 aromatic heterocycles. The van der Waals surface area contributed by atoms with Gasteiger partial charge in [0, 0.05) is 12.7 Å². The average Bonchev–Trinajstić information content (AvgIpc) is 2.86. The fourth-order valence-corrected chi connectivity index (χ4v) is 2.62. The minimum Gasteiger partial charge on any atom is -0.484 e. The van der Waals surface area contributed by atoms with Gasteiger partial charge in [-0.25, -0.2) is 5.43 Å². The third-order valence-corrected chi connectivity index (χ3v) is 4.32. The van der Waals surface area contributed by atoms with Crippen LogP contribution in [0.5, 0.6) is 5.75 Å². The van der Waals surface area contributed by atoms with Gasteiger partial charge in [0.15, 0.2) is 6.61 Å². The van der Waals surface area contributed by atoms with Gasteiger partial charge in [-0.2, -0.15) is 5.10 Å². The second-order valence-corrected chi connectivity index (χ2v) is 6.82. The molecule has 0 atom stereocenters. The Bertz CT molecular complexity index is 1090. The first kappa shape index (κ1) is 23.1. The summed E-state index contributed by atoms with van der Waals surface area (Å²) in [6.45, 7) is 0.470. The van der Waals surface area contributed by atoms with Gasteiger partial charge in [0.2, 0.25) is 0 Å². The van der Waals surface area contributed by atoms with Gasteiger partial charge in [0.25, 0.3) is 5.91 Å². The molecule has 3 rings (SSSR count). The Morgan fingerprint density at radius 3 is 2.33 bits per heavy atom. The molecule has 9 nitrogen and oxygen atoms in total. The van der Waals surface area contributed by atoms with Crippen molar-refractivity contribution in [1.82, 2.24) is 21.0 Å². The zero-order valence-corrected chi connectivity index (χ0v) is 17.7. The van der Waals surface area contributed by atoms with Gasteiger partial charge < -0.3 is 15.4 Å². The molecule has 0 spiro atoms. The Morgan fingerprint density at radius 2 is 1.61 bits per heavy atom. The Morgan fingerprint density at radius 1 is 0.848 bits per heavy atom. The topological polar surface area (TPSA) is 122 Å². The number of ether oxygens (including phenoxy) is 1. The molecular formula is C24H23N5O4. The van der Waals surface area contributed by atoms with Crippen LogP contribution in [-0.2, 0) is 27.5 Å². The van der Waals surface area contributed by atoms with Gasteiger partial charge in [-0.3, -0.25) is 19.4 Å². The predicted octanol–water partition coefficient (Wildman–Crippen LogP) is 1.54. The lowest BCUT2D eigenvalue weighted by atomic mass is 10.2. The Hall–Kier alpha value is -4.53. The number of aromatic nitrogens is 1. The Kier molecular flexibility index (Phi) is 8.66. The molecule has 33 heavy (non-hydrogen) atoms. The standard InChI is InChI=1S/C24H23N5O4/c30-22(26-14-18-6-2-1-3-7-18)17-33-21-11-9-19(10-12-21)15-28-29-24(32)23(31)27-16-20-8-4-5-13-25-20/h1-13,15H,14,16-17H2,(H,26,30)(H,27,31)(H,29,32)/b28-15-. The lowest BCUT2D eigenvalue weighted by Gasteiger charge is -2.08. The highest BCUT2D eigenvalue weighted by atomic mass is 16.5. The first-order valence-corrected chi connectivity index (χ1v) is 10.1. The average molecular weight is 445 g/mol. The molecule has 0 saturated heterocycles. The molecule has 3 amide bonds. The highest BCUT2D eigenvalue weighted by Crippen LogP contribution is 2.11. The van der Waals surface area contributed by atoms with Gasteiger partial charge in [0.05, 0.1) is 18.5 Å². The van der Waals surface area contributed by atoms with Crippen molar-refractivity contribution in [3.05, 3.63) is 95.8 Å². The van der Waals surface area contributed by atoms with Crippen LogP contribution in [0.1, 0.15) is 16.8 Å². The maximum Gasteiger partial charge on any atom is 0.329 e. The second-order valence-electron chi connectivity index (χ2n) is 6.82. The summed E-state index contributed by atoms with van der Waals surface area (Å²) < 4.78 is 5.46. The van der Waals surface area contributed by atoms with E-state index >= 15 is 0 Å². The van der Waals surface area contributed by atoms with Crippen molar-refractivity contribution < 1.29 is 19.1 Å². The molecule has 0 fully saturated rings. The molecule has 9 heteroatoms. The van der Waals surface area contributed by atoms with Crippen molar-refractivity contribution in [2.45, 2.75) is 13.1 Å². The van der Waals surface area contributed by atoms with Gasteiger partial charge in [-0.05, 0) is 47.5 Å². The number of amides is 3. The van der Waals surface area contributed by atoms with E-state index in [1.807, 2.05) is 30.3 Å². The summed E-state index contributed by atoms with van der Waals surface area (Å²) in [5.74, 6) is -1.41. The zero-order valence-electron chi connectivity index (χ0n) is 17.7. The number of hydrogen-bond donors (Lipinski definition) is 3. The first-order chi connectivity index (χ1) is 16.1. The van der Waals surface area contributed by atoms with Crippen LogP contribution < -0.4 is 20.8 Å². The Labute approximate surface area is 190 Å². The van der Waals surface area contributed by atoms with E-state index in [-0.39, 0.29) is 19.1 Å². The van der Waals surface area contributed by atoms with Crippen LogP contribution in [0.4, 0.5) is 0 Å². The number of carbonyl (C=O) groups excluding carboxylic acids is 3. The molecular weight excluding hydrogens is 422 g/mol. The molecule has 3 aromatic rings. The predicted molar refractivity (Wildman–Crippen MR) is 122 cm³/mol. The van der Waals surface area contributed by atoms with Gasteiger partial charge >= 0.3 is 11.8 Å². The molecule has 0 radical (unpaired) electrons. The van der Waals surface area contributed by atoms with Gasteiger partial charge in [0.1, 0.15) is 5.75 Å². The fourth-order valence-electron chi connectivity index (χ4n) is 2.62. The number of rotatable bonds is 9. The van der Waals surface area contributed by atoms with Crippen molar-refractivity contribution in [3.8, 4) is 5.75 Å². The second kappa shape index (κ2) is 12.4. The maximum absolute atomic E-state index is 11.9. The SMILES string of the molecule is O=C(COc1ccc(/C=N\NC(=O)C(=O)NCc2ccccn2)cc1)NCc1ccccc1. The smallest absolute Gasteiger partial charge is 0.329 e. The first-order valence-electron chi connectivity index (χ1n) is 10.1.